The second-order valence-electron chi connectivity index (χ2n) is 5.63. The van der Waals surface area contributed by atoms with Crippen molar-refractivity contribution in [3.8, 4) is 0 Å². The first-order valence-electron chi connectivity index (χ1n) is 7.21. The van der Waals surface area contributed by atoms with E-state index in [2.05, 4.69) is 31.1 Å². The summed E-state index contributed by atoms with van der Waals surface area (Å²) >= 11 is 0. The zero-order valence-corrected chi connectivity index (χ0v) is 12.0. The highest BCUT2D eigenvalue weighted by Gasteiger charge is 2.43. The van der Waals surface area contributed by atoms with Crippen LogP contribution >= 0.6 is 0 Å². The molecule has 1 unspecified atom stereocenters. The molecule has 20 heavy (non-hydrogen) atoms. The van der Waals surface area contributed by atoms with Crippen LogP contribution in [0.3, 0.4) is 0 Å². The average molecular weight is 275 g/mol. The van der Waals surface area contributed by atoms with Crippen molar-refractivity contribution in [1.29, 1.82) is 0 Å². The number of nitrogens with zero attached hydrogens (tertiary/aromatic N) is 1. The average Bonchev–Trinajstić information content (AvgIpc) is 2.88. The lowest BCUT2D eigenvalue weighted by atomic mass is 9.81. The van der Waals surface area contributed by atoms with Gasteiger partial charge in [-0.3, -0.25) is 0 Å². The van der Waals surface area contributed by atoms with Gasteiger partial charge in [0.2, 0.25) is 0 Å². The molecule has 2 aliphatic rings. The van der Waals surface area contributed by atoms with Crippen molar-refractivity contribution in [3.63, 3.8) is 0 Å². The molecule has 108 valence electrons. The van der Waals surface area contributed by atoms with Crippen molar-refractivity contribution in [2.24, 2.45) is 17.0 Å². The summed E-state index contributed by atoms with van der Waals surface area (Å²) in [7, 11) is 0. The predicted octanol–water partition coefficient (Wildman–Crippen LogP) is 2.63. The van der Waals surface area contributed by atoms with Gasteiger partial charge in [0.25, 0.3) is 0 Å². The number of ether oxygens (including phenoxy) is 2. The molecule has 1 aromatic rings. The molecule has 0 spiro atoms. The molecule has 4 atom stereocenters. The van der Waals surface area contributed by atoms with Crippen LogP contribution in [0.5, 0.6) is 0 Å². The molecule has 2 heterocycles. The topological polar surface area (TPSA) is 40.0 Å². The van der Waals surface area contributed by atoms with Gasteiger partial charge in [-0.2, -0.15) is 0 Å². The monoisotopic (exact) mass is 275 g/mol. The Morgan fingerprint density at radius 2 is 2.05 bits per heavy atom. The van der Waals surface area contributed by atoms with Gasteiger partial charge >= 0.3 is 0 Å². The zero-order chi connectivity index (χ0) is 13.9. The lowest BCUT2D eigenvalue weighted by Crippen LogP contribution is -2.44. The maximum absolute atomic E-state index is 5.80. The minimum absolute atomic E-state index is 0.0232. The maximum Gasteiger partial charge on any atom is 0.159 e. The smallest absolute Gasteiger partial charge is 0.159 e. The van der Waals surface area contributed by atoms with Gasteiger partial charge in [-0.05, 0) is 18.4 Å². The van der Waals surface area contributed by atoms with Crippen molar-refractivity contribution in [3.05, 3.63) is 35.9 Å². The van der Waals surface area contributed by atoms with Gasteiger partial charge in [-0.1, -0.05) is 42.4 Å². The minimum Gasteiger partial charge on any atom is -0.389 e. The molecule has 0 bridgehead atoms. The first kappa shape index (κ1) is 13.6. The van der Waals surface area contributed by atoms with Crippen LogP contribution in [0.2, 0.25) is 0 Å². The van der Waals surface area contributed by atoms with Gasteiger partial charge in [0.15, 0.2) is 6.10 Å². The van der Waals surface area contributed by atoms with Crippen LogP contribution in [0.15, 0.2) is 35.5 Å². The fourth-order valence-corrected chi connectivity index (χ4v) is 2.90. The molecule has 0 aliphatic carbocycles. The largest absolute Gasteiger partial charge is 0.389 e. The summed E-state index contributed by atoms with van der Waals surface area (Å²) in [6, 6.07) is 10.2. The van der Waals surface area contributed by atoms with Crippen LogP contribution in [-0.4, -0.2) is 31.1 Å². The van der Waals surface area contributed by atoms with Crippen LogP contribution in [0.1, 0.15) is 19.4 Å². The molecule has 4 nitrogen and oxygen atoms in total. The Morgan fingerprint density at radius 1 is 1.25 bits per heavy atom. The minimum atomic E-state index is 0.0232. The standard InChI is InChI=1S/C16H21NO3/c1-11-12(2)19-9-14-16(11)15(20-17-14)10-18-8-13-6-4-3-5-7-13/h3-7,11-12,15-16H,8-10H2,1-2H3/t11-,12+,15-,16?/m1/s1. The first-order chi connectivity index (χ1) is 9.75. The number of fused-ring (bicyclic) bond motifs is 1. The Labute approximate surface area is 119 Å². The number of hydrogen-bond donors (Lipinski definition) is 0. The molecule has 4 heteroatoms. The van der Waals surface area contributed by atoms with E-state index >= 15 is 0 Å². The van der Waals surface area contributed by atoms with E-state index in [-0.39, 0.29) is 12.2 Å². The molecule has 1 saturated heterocycles. The third-order valence-corrected chi connectivity index (χ3v) is 4.29. The molecule has 0 amide bonds. The predicted molar refractivity (Wildman–Crippen MR) is 76.5 cm³/mol. The number of oxime groups is 1. The van der Waals surface area contributed by atoms with Crippen LogP contribution in [-0.2, 0) is 20.9 Å². The Hall–Kier alpha value is -1.39. The molecular formula is C16H21NO3. The highest BCUT2D eigenvalue weighted by atomic mass is 16.7. The van der Waals surface area contributed by atoms with Crippen molar-refractivity contribution >= 4 is 5.71 Å². The lowest BCUT2D eigenvalue weighted by Gasteiger charge is -2.33. The molecule has 1 aromatic carbocycles. The van der Waals surface area contributed by atoms with Gasteiger partial charge in [0.05, 0.1) is 37.6 Å². The molecule has 0 aromatic heterocycles. The summed E-state index contributed by atoms with van der Waals surface area (Å²) in [5, 5.41) is 4.16. The molecule has 1 fully saturated rings. The number of benzene rings is 1. The first-order valence-corrected chi connectivity index (χ1v) is 7.21. The third-order valence-electron chi connectivity index (χ3n) is 4.29. The summed E-state index contributed by atoms with van der Waals surface area (Å²) in [5.74, 6) is 0.741. The van der Waals surface area contributed by atoms with Gasteiger partial charge < -0.3 is 14.3 Å². The Kier molecular flexibility index (Phi) is 4.03. The molecular weight excluding hydrogens is 254 g/mol. The molecule has 0 saturated carbocycles. The summed E-state index contributed by atoms with van der Waals surface area (Å²) in [6.45, 7) is 6.09. The van der Waals surface area contributed by atoms with E-state index in [0.717, 1.165) is 5.71 Å². The van der Waals surface area contributed by atoms with E-state index in [1.807, 2.05) is 18.2 Å². The van der Waals surface area contributed by atoms with E-state index in [1.165, 1.54) is 5.56 Å². The van der Waals surface area contributed by atoms with Gasteiger partial charge in [-0.25, -0.2) is 0 Å². The zero-order valence-electron chi connectivity index (χ0n) is 12.0. The van der Waals surface area contributed by atoms with Crippen molar-refractivity contribution in [2.45, 2.75) is 32.7 Å². The van der Waals surface area contributed by atoms with Crippen molar-refractivity contribution in [1.82, 2.24) is 0 Å². The van der Waals surface area contributed by atoms with E-state index < -0.39 is 0 Å². The molecule has 0 N–H and O–H groups in total. The second kappa shape index (κ2) is 5.94. The molecule has 0 radical (unpaired) electrons. The van der Waals surface area contributed by atoms with E-state index in [4.69, 9.17) is 14.3 Å². The summed E-state index contributed by atoms with van der Waals surface area (Å²) in [5.41, 5.74) is 2.21. The normalized spacial score (nSPS) is 32.4. The Balaban J connectivity index is 1.54. The number of rotatable bonds is 4. The van der Waals surface area contributed by atoms with Crippen LogP contribution in [0.4, 0.5) is 0 Å². The van der Waals surface area contributed by atoms with Crippen LogP contribution < -0.4 is 0 Å². The number of hydrogen-bond acceptors (Lipinski definition) is 4. The third kappa shape index (κ3) is 2.72. The van der Waals surface area contributed by atoms with Crippen LogP contribution in [0, 0.1) is 11.8 Å². The van der Waals surface area contributed by atoms with Gasteiger partial charge in [0, 0.05) is 0 Å². The van der Waals surface area contributed by atoms with E-state index in [1.54, 1.807) is 0 Å². The maximum atomic E-state index is 5.80. The van der Waals surface area contributed by atoms with Crippen LogP contribution in [0.25, 0.3) is 0 Å². The summed E-state index contributed by atoms with van der Waals surface area (Å²) < 4.78 is 11.5. The van der Waals surface area contributed by atoms with Crippen molar-refractivity contribution in [2.75, 3.05) is 13.2 Å². The van der Waals surface area contributed by atoms with Crippen molar-refractivity contribution < 1.29 is 14.3 Å². The van der Waals surface area contributed by atoms with Gasteiger partial charge in [0.1, 0.15) is 0 Å². The Morgan fingerprint density at radius 3 is 2.85 bits per heavy atom. The summed E-state index contributed by atoms with van der Waals surface area (Å²) in [4.78, 5) is 5.54. The fraction of sp³-hybridized carbons (Fsp3) is 0.562. The molecule has 2 aliphatic heterocycles. The quantitative estimate of drug-likeness (QED) is 0.848. The molecule has 3 rings (SSSR count). The SMILES string of the molecule is C[C@@H]1OCC2=NO[C@H](COCc3ccccc3)C2[C@@H]1C. The van der Waals surface area contributed by atoms with E-state index in [0.29, 0.717) is 31.7 Å². The van der Waals surface area contributed by atoms with E-state index in [9.17, 15) is 0 Å². The highest BCUT2D eigenvalue weighted by molar-refractivity contribution is 5.90. The second-order valence-corrected chi connectivity index (χ2v) is 5.63. The Bertz CT molecular complexity index is 474. The summed E-state index contributed by atoms with van der Waals surface area (Å²) in [6.07, 6.45) is 0.271. The van der Waals surface area contributed by atoms with Gasteiger partial charge in [-0.15, -0.1) is 0 Å². The fourth-order valence-electron chi connectivity index (χ4n) is 2.90. The highest BCUT2D eigenvalue weighted by Crippen LogP contribution is 2.33. The lowest BCUT2D eigenvalue weighted by molar-refractivity contribution is -0.0502.